The van der Waals surface area contributed by atoms with Gasteiger partial charge >= 0.3 is 12.1 Å². The first kappa shape index (κ1) is 18.8. The average molecular weight is 373 g/mol. The molecule has 0 aliphatic carbocycles. The predicted molar refractivity (Wildman–Crippen MR) is 101 cm³/mol. The van der Waals surface area contributed by atoms with Crippen LogP contribution in [0.1, 0.15) is 32.3 Å². The second-order valence-electron chi connectivity index (χ2n) is 6.21. The van der Waals surface area contributed by atoms with E-state index >= 15 is 0 Å². The van der Waals surface area contributed by atoms with Crippen molar-refractivity contribution in [3.8, 4) is 5.75 Å². The van der Waals surface area contributed by atoms with Crippen LogP contribution in [0.25, 0.3) is 0 Å². The second kappa shape index (κ2) is 10.2. The van der Waals surface area contributed by atoms with E-state index in [1.807, 2.05) is 6.92 Å². The number of carboxylic acid groups (broad SMARTS) is 1. The summed E-state index contributed by atoms with van der Waals surface area (Å²) in [5.74, 6) is -1.03. The molecule has 0 saturated carbocycles. The van der Waals surface area contributed by atoms with Crippen LogP contribution >= 0.6 is 0 Å². The first-order valence-corrected chi connectivity index (χ1v) is 8.91. The van der Waals surface area contributed by atoms with E-state index in [2.05, 4.69) is 0 Å². The number of phenols is 1. The Balaban J connectivity index is 2.15. The molecule has 0 bridgehead atoms. The lowest BCUT2D eigenvalue weighted by molar-refractivity contribution is -0.142. The lowest BCUT2D eigenvalue weighted by Crippen LogP contribution is -2.47. The third kappa shape index (κ3) is 6.33. The Morgan fingerprint density at radius 3 is 2.52 bits per heavy atom. The number of benzene rings is 2. The molecule has 0 saturated heterocycles. The predicted octanol–water partition coefficient (Wildman–Crippen LogP) is 3.83. The van der Waals surface area contributed by atoms with Crippen LogP contribution in [0.4, 0.5) is 4.79 Å². The zero-order valence-corrected chi connectivity index (χ0v) is 15.3. The summed E-state index contributed by atoms with van der Waals surface area (Å²) in [6, 6.07) is 12.2. The first-order chi connectivity index (χ1) is 13.4. The van der Waals surface area contributed by atoms with Gasteiger partial charge in [-0.25, -0.2) is 9.59 Å². The molecule has 0 aliphatic rings. The highest BCUT2D eigenvalue weighted by atomic mass is 16.6. The van der Waals surface area contributed by atoms with E-state index in [4.69, 9.17) is 6.11 Å². The van der Waals surface area contributed by atoms with E-state index in [-0.39, 0.29) is 31.4 Å². The van der Waals surface area contributed by atoms with Gasteiger partial charge in [-0.15, -0.1) is 0 Å². The van der Waals surface area contributed by atoms with Crippen molar-refractivity contribution in [2.24, 2.45) is 0 Å². The lowest BCUT2D eigenvalue weighted by atomic mass is 10.0. The van der Waals surface area contributed by atoms with Crippen molar-refractivity contribution in [1.82, 2.24) is 4.90 Å². The molecule has 27 heavy (non-hydrogen) atoms. The van der Waals surface area contributed by atoms with Crippen molar-refractivity contribution in [2.75, 3.05) is 6.54 Å². The highest BCUT2D eigenvalue weighted by Crippen LogP contribution is 2.16. The van der Waals surface area contributed by atoms with Gasteiger partial charge in [-0.3, -0.25) is 4.90 Å². The van der Waals surface area contributed by atoms with E-state index in [0.717, 1.165) is 6.42 Å². The zero-order valence-electron chi connectivity index (χ0n) is 16.3. The number of nitrogens with zero attached hydrogens (tertiary/aromatic N) is 1. The minimum Gasteiger partial charge on any atom is -0.508 e. The molecule has 2 N–H and O–H groups in total. The van der Waals surface area contributed by atoms with Crippen LogP contribution in [0.5, 0.6) is 5.75 Å². The molecule has 6 nitrogen and oxygen atoms in total. The number of carbonyl (C=O) groups is 2. The number of hydrogen-bond acceptors (Lipinski definition) is 4. The Bertz CT molecular complexity index is 794. The number of aliphatic carboxylic acids is 1. The number of carbonyl (C=O) groups excluding carboxylic acids is 1. The summed E-state index contributed by atoms with van der Waals surface area (Å²) in [4.78, 5) is 25.8. The summed E-state index contributed by atoms with van der Waals surface area (Å²) in [5.41, 5.74) is 1.24. The molecule has 2 rings (SSSR count). The van der Waals surface area contributed by atoms with Crippen molar-refractivity contribution < 1.29 is 25.9 Å². The highest BCUT2D eigenvalue weighted by Gasteiger charge is 2.30. The maximum atomic E-state index is 12.7. The van der Waals surface area contributed by atoms with Crippen molar-refractivity contribution in [2.45, 2.75) is 38.8 Å². The Labute approximate surface area is 160 Å². The van der Waals surface area contributed by atoms with E-state index in [9.17, 15) is 19.8 Å². The fourth-order valence-corrected chi connectivity index (χ4v) is 2.63. The van der Waals surface area contributed by atoms with Crippen LogP contribution in [0.3, 0.4) is 0 Å². The van der Waals surface area contributed by atoms with Gasteiger partial charge in [0.2, 0.25) is 0 Å². The SMILES string of the molecule is [3H]c1ccccc1COC(=O)N(CCCC)[C@@H](Cc1ccc(O)cc1)C(=O)O. The quantitative estimate of drug-likeness (QED) is 0.698. The molecule has 0 spiro atoms. The minimum absolute atomic E-state index is 0.0898. The van der Waals surface area contributed by atoms with Gasteiger partial charge in [0, 0.05) is 13.0 Å². The third-order valence-electron chi connectivity index (χ3n) is 4.14. The summed E-state index contributed by atoms with van der Waals surface area (Å²) in [6.45, 7) is 2.12. The van der Waals surface area contributed by atoms with Crippen LogP contribution in [-0.4, -0.2) is 39.8 Å². The molecule has 2 aromatic carbocycles. The summed E-state index contributed by atoms with van der Waals surface area (Å²) in [6.07, 6.45) is 0.820. The molecule has 0 unspecified atom stereocenters. The molecule has 0 aliphatic heterocycles. The van der Waals surface area contributed by atoms with Crippen molar-refractivity contribution in [1.29, 1.82) is 0 Å². The van der Waals surface area contributed by atoms with Gasteiger partial charge in [0.05, 0.1) is 1.37 Å². The first-order valence-electron chi connectivity index (χ1n) is 9.41. The van der Waals surface area contributed by atoms with E-state index in [1.165, 1.54) is 17.0 Å². The molecule has 6 heteroatoms. The van der Waals surface area contributed by atoms with Gasteiger partial charge in [-0.05, 0) is 29.7 Å². The summed E-state index contributed by atoms with van der Waals surface area (Å²) < 4.78 is 13.2. The van der Waals surface area contributed by atoms with Gasteiger partial charge in [0.15, 0.2) is 0 Å². The van der Waals surface area contributed by atoms with Gasteiger partial charge in [-0.1, -0.05) is 55.8 Å². The van der Waals surface area contributed by atoms with Gasteiger partial charge in [0.25, 0.3) is 0 Å². The average Bonchev–Trinajstić information content (AvgIpc) is 2.68. The second-order valence-corrected chi connectivity index (χ2v) is 6.21. The Kier molecular flexibility index (Phi) is 7.09. The molecular formula is C21H25NO5. The van der Waals surface area contributed by atoms with Gasteiger partial charge in [-0.2, -0.15) is 0 Å². The molecular weight excluding hydrogens is 346 g/mol. The van der Waals surface area contributed by atoms with E-state index in [1.54, 1.807) is 36.4 Å². The molecule has 1 atom stereocenters. The minimum atomic E-state index is -1.12. The molecule has 0 fully saturated rings. The fourth-order valence-electron chi connectivity index (χ4n) is 2.63. The summed E-state index contributed by atoms with van der Waals surface area (Å²) >= 11 is 0. The van der Waals surface area contributed by atoms with Crippen molar-refractivity contribution in [3.63, 3.8) is 0 Å². The third-order valence-corrected chi connectivity index (χ3v) is 4.14. The lowest BCUT2D eigenvalue weighted by Gasteiger charge is -2.28. The fraction of sp³-hybridized carbons (Fsp3) is 0.333. The van der Waals surface area contributed by atoms with Crippen LogP contribution in [0.15, 0.2) is 54.6 Å². The Morgan fingerprint density at radius 2 is 1.89 bits per heavy atom. The molecule has 0 heterocycles. The molecule has 2 aromatic rings. The standard InChI is InChI=1S/C21H25NO5/c1-2-3-13-22(21(26)27-15-17-7-5-4-6-8-17)19(20(24)25)14-16-9-11-18(23)12-10-16/h4-12,19,23H,2-3,13-15H2,1H3,(H,24,25)/t19-/m0/s1/i7T. The Hall–Kier alpha value is -3.02. The molecule has 0 radical (unpaired) electrons. The number of aromatic hydroxyl groups is 1. The number of ether oxygens (including phenoxy) is 1. The topological polar surface area (TPSA) is 87.1 Å². The van der Waals surface area contributed by atoms with Gasteiger partial charge in [0.1, 0.15) is 18.4 Å². The van der Waals surface area contributed by atoms with Crippen LogP contribution in [-0.2, 0) is 22.6 Å². The molecule has 1 amide bonds. The number of hydrogen-bond donors (Lipinski definition) is 2. The van der Waals surface area contributed by atoms with Crippen molar-refractivity contribution in [3.05, 3.63) is 65.7 Å². The Morgan fingerprint density at radius 1 is 1.15 bits per heavy atom. The zero-order chi connectivity index (χ0) is 20.5. The number of amides is 1. The van der Waals surface area contributed by atoms with Crippen LogP contribution in [0, 0.1) is 0 Å². The van der Waals surface area contributed by atoms with Crippen molar-refractivity contribution >= 4 is 12.1 Å². The van der Waals surface area contributed by atoms with Gasteiger partial charge < -0.3 is 14.9 Å². The number of carboxylic acids is 1. The molecule has 144 valence electrons. The summed E-state index contributed by atoms with van der Waals surface area (Å²) in [5, 5.41) is 19.1. The maximum Gasteiger partial charge on any atom is 0.410 e. The van der Waals surface area contributed by atoms with Crippen LogP contribution < -0.4 is 0 Å². The number of unbranched alkanes of at least 4 members (excludes halogenated alkanes) is 1. The normalized spacial score (nSPS) is 12.1. The van der Waals surface area contributed by atoms with E-state index < -0.39 is 18.1 Å². The number of rotatable bonds is 9. The smallest absolute Gasteiger partial charge is 0.410 e. The maximum absolute atomic E-state index is 12.7. The highest BCUT2D eigenvalue weighted by molar-refractivity contribution is 5.80. The van der Waals surface area contributed by atoms with E-state index in [0.29, 0.717) is 17.5 Å². The number of phenolic OH excluding ortho intramolecular Hbond substituents is 1. The molecule has 0 aromatic heterocycles. The van der Waals surface area contributed by atoms with Crippen LogP contribution in [0.2, 0.25) is 0 Å². The monoisotopic (exact) mass is 373 g/mol. The summed E-state index contributed by atoms with van der Waals surface area (Å²) in [7, 11) is 0. The largest absolute Gasteiger partial charge is 0.508 e.